The Morgan fingerprint density at radius 1 is 1.42 bits per heavy atom. The molecular formula is C11H21N. The molecule has 1 nitrogen and oxygen atoms in total. The molecule has 1 fully saturated rings. The Morgan fingerprint density at radius 3 is 2.92 bits per heavy atom. The minimum absolute atomic E-state index is 0.790. The normalized spacial score (nSPS) is 31.2. The van der Waals surface area contributed by atoms with Crippen molar-refractivity contribution in [2.24, 2.45) is 17.6 Å². The van der Waals surface area contributed by atoms with Crippen LogP contribution in [0.1, 0.15) is 39.0 Å². The molecule has 0 heterocycles. The van der Waals surface area contributed by atoms with Crippen molar-refractivity contribution in [2.75, 3.05) is 6.54 Å². The van der Waals surface area contributed by atoms with Crippen molar-refractivity contribution in [1.29, 1.82) is 0 Å². The Hall–Kier alpha value is -0.300. The van der Waals surface area contributed by atoms with E-state index >= 15 is 0 Å². The maximum absolute atomic E-state index is 5.42. The van der Waals surface area contributed by atoms with Gasteiger partial charge in [0.1, 0.15) is 0 Å². The lowest BCUT2D eigenvalue weighted by Crippen LogP contribution is -2.11. The minimum Gasteiger partial charge on any atom is -0.330 e. The molecule has 1 aliphatic rings. The van der Waals surface area contributed by atoms with Gasteiger partial charge in [0.2, 0.25) is 0 Å². The number of hydrogen-bond acceptors (Lipinski definition) is 1. The summed E-state index contributed by atoms with van der Waals surface area (Å²) < 4.78 is 0. The molecule has 1 saturated carbocycles. The van der Waals surface area contributed by atoms with E-state index < -0.39 is 0 Å². The summed E-state index contributed by atoms with van der Waals surface area (Å²) in [6.45, 7) is 3.15. The monoisotopic (exact) mass is 167 g/mol. The van der Waals surface area contributed by atoms with E-state index in [4.69, 9.17) is 5.73 Å². The van der Waals surface area contributed by atoms with Gasteiger partial charge in [0.25, 0.3) is 0 Å². The molecule has 0 bridgehead atoms. The number of nitrogens with two attached hydrogens (primary N) is 1. The van der Waals surface area contributed by atoms with Gasteiger partial charge in [-0.3, -0.25) is 0 Å². The van der Waals surface area contributed by atoms with E-state index in [0.717, 1.165) is 24.8 Å². The molecule has 70 valence electrons. The van der Waals surface area contributed by atoms with Crippen molar-refractivity contribution in [2.45, 2.75) is 39.0 Å². The molecule has 0 aromatic heterocycles. The van der Waals surface area contributed by atoms with Gasteiger partial charge in [-0.2, -0.15) is 0 Å². The van der Waals surface area contributed by atoms with Crippen LogP contribution in [0.5, 0.6) is 0 Å². The number of allylic oxidation sites excluding steroid dienone is 1. The minimum atomic E-state index is 0.790. The zero-order chi connectivity index (χ0) is 8.81. The van der Waals surface area contributed by atoms with Gasteiger partial charge in [-0.25, -0.2) is 0 Å². The molecule has 0 radical (unpaired) electrons. The fraction of sp³-hybridized carbons (Fsp3) is 0.818. The second-order valence-corrected chi connectivity index (χ2v) is 4.04. The third-order valence-electron chi connectivity index (χ3n) is 2.72. The lowest BCUT2D eigenvalue weighted by Gasteiger charge is -2.24. The van der Waals surface area contributed by atoms with Crippen molar-refractivity contribution in [3.8, 4) is 0 Å². The molecule has 0 spiro atoms. The SMILES string of the molecule is CC1CCCC(/C=C/CCN)C1. The van der Waals surface area contributed by atoms with Gasteiger partial charge in [0.15, 0.2) is 0 Å². The van der Waals surface area contributed by atoms with E-state index in [1.165, 1.54) is 25.7 Å². The van der Waals surface area contributed by atoms with Crippen molar-refractivity contribution >= 4 is 0 Å². The number of rotatable bonds is 3. The highest BCUT2D eigenvalue weighted by atomic mass is 14.5. The zero-order valence-corrected chi connectivity index (χ0v) is 8.13. The average molecular weight is 167 g/mol. The average Bonchev–Trinajstić information content (AvgIpc) is 2.05. The summed E-state index contributed by atoms with van der Waals surface area (Å²) >= 11 is 0. The Balaban J connectivity index is 2.22. The van der Waals surface area contributed by atoms with Crippen molar-refractivity contribution < 1.29 is 0 Å². The van der Waals surface area contributed by atoms with Crippen LogP contribution in [0.2, 0.25) is 0 Å². The number of hydrogen-bond donors (Lipinski definition) is 1. The zero-order valence-electron chi connectivity index (χ0n) is 8.13. The van der Waals surface area contributed by atoms with Crippen LogP contribution >= 0.6 is 0 Å². The van der Waals surface area contributed by atoms with Gasteiger partial charge in [-0.1, -0.05) is 31.9 Å². The molecule has 1 rings (SSSR count). The fourth-order valence-corrected chi connectivity index (χ4v) is 2.04. The topological polar surface area (TPSA) is 26.0 Å². The molecule has 1 heteroatoms. The quantitative estimate of drug-likeness (QED) is 0.643. The van der Waals surface area contributed by atoms with Crippen LogP contribution in [0, 0.1) is 11.8 Å². The molecule has 2 N–H and O–H groups in total. The van der Waals surface area contributed by atoms with Crippen LogP contribution in [0.4, 0.5) is 0 Å². The molecule has 2 atom stereocenters. The van der Waals surface area contributed by atoms with Crippen molar-refractivity contribution in [3.63, 3.8) is 0 Å². The van der Waals surface area contributed by atoms with E-state index in [1.54, 1.807) is 0 Å². The van der Waals surface area contributed by atoms with E-state index in [1.807, 2.05) is 0 Å². The first kappa shape index (κ1) is 9.79. The molecule has 12 heavy (non-hydrogen) atoms. The van der Waals surface area contributed by atoms with Crippen LogP contribution in [0.15, 0.2) is 12.2 Å². The van der Waals surface area contributed by atoms with Crippen LogP contribution in [-0.4, -0.2) is 6.54 Å². The first-order chi connectivity index (χ1) is 5.83. The first-order valence-corrected chi connectivity index (χ1v) is 5.19. The Morgan fingerprint density at radius 2 is 2.25 bits per heavy atom. The molecule has 0 aromatic rings. The molecule has 2 unspecified atom stereocenters. The van der Waals surface area contributed by atoms with Crippen LogP contribution < -0.4 is 5.73 Å². The molecule has 0 aliphatic heterocycles. The van der Waals surface area contributed by atoms with Crippen LogP contribution in [0.25, 0.3) is 0 Å². The summed E-state index contributed by atoms with van der Waals surface area (Å²) in [6.07, 6.45) is 11.3. The van der Waals surface area contributed by atoms with Crippen LogP contribution in [-0.2, 0) is 0 Å². The first-order valence-electron chi connectivity index (χ1n) is 5.19. The summed E-state index contributed by atoms with van der Waals surface area (Å²) in [4.78, 5) is 0. The largest absolute Gasteiger partial charge is 0.330 e. The van der Waals surface area contributed by atoms with Gasteiger partial charge in [-0.05, 0) is 37.6 Å². The Labute approximate surface area is 76.0 Å². The Kier molecular flexibility index (Phi) is 4.37. The molecule has 0 saturated heterocycles. The fourth-order valence-electron chi connectivity index (χ4n) is 2.04. The van der Waals surface area contributed by atoms with Gasteiger partial charge >= 0.3 is 0 Å². The maximum Gasteiger partial charge on any atom is -0.00426 e. The summed E-state index contributed by atoms with van der Waals surface area (Å²) in [6, 6.07) is 0. The van der Waals surface area contributed by atoms with Gasteiger partial charge in [-0.15, -0.1) is 0 Å². The third-order valence-corrected chi connectivity index (χ3v) is 2.72. The highest BCUT2D eigenvalue weighted by Crippen LogP contribution is 2.29. The van der Waals surface area contributed by atoms with Crippen molar-refractivity contribution in [1.82, 2.24) is 0 Å². The summed E-state index contributed by atoms with van der Waals surface area (Å²) in [5, 5.41) is 0. The van der Waals surface area contributed by atoms with E-state index in [-0.39, 0.29) is 0 Å². The van der Waals surface area contributed by atoms with Crippen LogP contribution in [0.3, 0.4) is 0 Å². The molecule has 0 amide bonds. The predicted molar refractivity (Wildman–Crippen MR) is 53.9 cm³/mol. The summed E-state index contributed by atoms with van der Waals surface area (Å²) in [7, 11) is 0. The van der Waals surface area contributed by atoms with Gasteiger partial charge < -0.3 is 5.73 Å². The predicted octanol–water partition coefficient (Wildman–Crippen LogP) is 2.72. The highest BCUT2D eigenvalue weighted by molar-refractivity contribution is 4.90. The van der Waals surface area contributed by atoms with E-state index in [0.29, 0.717) is 0 Å². The van der Waals surface area contributed by atoms with E-state index in [9.17, 15) is 0 Å². The van der Waals surface area contributed by atoms with E-state index in [2.05, 4.69) is 19.1 Å². The standard InChI is InChI=1S/C11H21N/c1-10-5-4-7-11(9-10)6-2-3-8-12/h2,6,10-11H,3-5,7-9,12H2,1H3/b6-2+. The second-order valence-electron chi connectivity index (χ2n) is 4.04. The lowest BCUT2D eigenvalue weighted by molar-refractivity contribution is 0.325. The third kappa shape index (κ3) is 3.40. The lowest BCUT2D eigenvalue weighted by atomic mass is 9.82. The maximum atomic E-state index is 5.42. The molecular weight excluding hydrogens is 146 g/mol. The second kappa shape index (κ2) is 5.36. The summed E-state index contributed by atoms with van der Waals surface area (Å²) in [5.41, 5.74) is 5.42. The van der Waals surface area contributed by atoms with Crippen molar-refractivity contribution in [3.05, 3.63) is 12.2 Å². The smallest absolute Gasteiger partial charge is 0.00426 e. The summed E-state index contributed by atoms with van der Waals surface area (Å²) in [5.74, 6) is 1.78. The van der Waals surface area contributed by atoms with Gasteiger partial charge in [0.05, 0.1) is 0 Å². The highest BCUT2D eigenvalue weighted by Gasteiger charge is 2.15. The molecule has 1 aliphatic carbocycles. The Bertz CT molecular complexity index is 140. The van der Waals surface area contributed by atoms with Gasteiger partial charge in [0, 0.05) is 0 Å². The molecule has 0 aromatic carbocycles.